The van der Waals surface area contributed by atoms with Crippen LogP contribution in [0.15, 0.2) is 29.4 Å². The zero-order valence-electron chi connectivity index (χ0n) is 12.4. The van der Waals surface area contributed by atoms with Crippen molar-refractivity contribution in [3.8, 4) is 0 Å². The fourth-order valence-corrected chi connectivity index (χ4v) is 2.51. The molecule has 1 heterocycles. The number of carbonyl (C=O) groups is 1. The van der Waals surface area contributed by atoms with E-state index < -0.39 is 24.2 Å². The average Bonchev–Trinajstić information content (AvgIpc) is 2.82. The first-order chi connectivity index (χ1) is 10.7. The predicted octanol–water partition coefficient (Wildman–Crippen LogP) is 3.98. The van der Waals surface area contributed by atoms with Gasteiger partial charge in [-0.05, 0) is 31.0 Å². The zero-order valence-corrected chi connectivity index (χ0v) is 13.2. The third-order valence-corrected chi connectivity index (χ3v) is 3.81. The van der Waals surface area contributed by atoms with Crippen molar-refractivity contribution in [2.24, 2.45) is 5.10 Å². The molecule has 126 valence electrons. The second kappa shape index (κ2) is 6.49. The van der Waals surface area contributed by atoms with Gasteiger partial charge in [-0.2, -0.15) is 23.3 Å². The van der Waals surface area contributed by atoms with E-state index in [1.165, 1.54) is 24.3 Å². The Morgan fingerprint density at radius 2 is 2.17 bits per heavy atom. The molecule has 0 spiro atoms. The number of alkyl halides is 3. The maximum atomic E-state index is 13.3. The third kappa shape index (κ3) is 3.50. The number of rotatable bonds is 4. The summed E-state index contributed by atoms with van der Waals surface area (Å²) in [6, 6.07) is 5.50. The number of halogens is 4. The van der Waals surface area contributed by atoms with Crippen molar-refractivity contribution in [1.82, 2.24) is 5.01 Å². The summed E-state index contributed by atoms with van der Waals surface area (Å²) in [5, 5.41) is 14.2. The highest BCUT2D eigenvalue weighted by Crippen LogP contribution is 2.41. The second-order valence-corrected chi connectivity index (χ2v) is 5.82. The SMILES string of the molecule is CCCCC1=NN(C(=O)c2cccc(Cl)c2)C(O)(C(F)(F)F)C1. The summed E-state index contributed by atoms with van der Waals surface area (Å²) in [6.45, 7) is 1.89. The lowest BCUT2D eigenvalue weighted by molar-refractivity contribution is -0.297. The minimum atomic E-state index is -5.02. The van der Waals surface area contributed by atoms with Crippen LogP contribution in [0.4, 0.5) is 13.2 Å². The molecule has 1 atom stereocenters. The van der Waals surface area contributed by atoms with Gasteiger partial charge in [-0.25, -0.2) is 0 Å². The first-order valence-corrected chi connectivity index (χ1v) is 7.52. The summed E-state index contributed by atoms with van der Waals surface area (Å²) in [6.07, 6.45) is -4.05. The van der Waals surface area contributed by atoms with Crippen LogP contribution in [-0.4, -0.2) is 33.6 Å². The molecule has 2 rings (SSSR count). The number of aliphatic hydroxyl groups is 1. The molecule has 1 aromatic rings. The largest absolute Gasteiger partial charge is 0.438 e. The van der Waals surface area contributed by atoms with E-state index in [0.29, 0.717) is 12.8 Å². The highest BCUT2D eigenvalue weighted by atomic mass is 35.5. The van der Waals surface area contributed by atoms with Crippen LogP contribution in [0.2, 0.25) is 5.02 Å². The number of hydrogen-bond acceptors (Lipinski definition) is 3. The van der Waals surface area contributed by atoms with E-state index in [4.69, 9.17) is 11.6 Å². The van der Waals surface area contributed by atoms with Crippen molar-refractivity contribution in [3.05, 3.63) is 34.9 Å². The highest BCUT2D eigenvalue weighted by Gasteiger charge is 2.63. The molecule has 1 N–H and O–H groups in total. The number of benzene rings is 1. The van der Waals surface area contributed by atoms with Crippen LogP contribution in [0.5, 0.6) is 0 Å². The Bertz CT molecular complexity index is 633. The molecule has 1 aliphatic heterocycles. The van der Waals surface area contributed by atoms with Gasteiger partial charge in [0, 0.05) is 22.7 Å². The fourth-order valence-electron chi connectivity index (χ4n) is 2.32. The van der Waals surface area contributed by atoms with Crippen LogP contribution < -0.4 is 0 Å². The van der Waals surface area contributed by atoms with Gasteiger partial charge < -0.3 is 5.11 Å². The lowest BCUT2D eigenvalue weighted by Crippen LogP contribution is -2.56. The number of carbonyl (C=O) groups excluding carboxylic acids is 1. The Balaban J connectivity index is 2.37. The van der Waals surface area contributed by atoms with Crippen LogP contribution in [-0.2, 0) is 0 Å². The zero-order chi connectivity index (χ0) is 17.3. The minimum absolute atomic E-state index is 0.0688. The first-order valence-electron chi connectivity index (χ1n) is 7.14. The summed E-state index contributed by atoms with van der Waals surface area (Å²) in [7, 11) is 0. The van der Waals surface area contributed by atoms with Crippen LogP contribution in [0.3, 0.4) is 0 Å². The first kappa shape index (κ1) is 17.7. The molecule has 1 amide bonds. The van der Waals surface area contributed by atoms with Gasteiger partial charge in [0.05, 0.1) is 0 Å². The number of hydrazone groups is 1. The minimum Gasteiger partial charge on any atom is -0.362 e. The average molecular weight is 349 g/mol. The van der Waals surface area contributed by atoms with Crippen molar-refractivity contribution in [2.45, 2.75) is 44.5 Å². The van der Waals surface area contributed by atoms with E-state index in [9.17, 15) is 23.1 Å². The molecule has 0 bridgehead atoms. The normalized spacial score (nSPS) is 21.5. The van der Waals surface area contributed by atoms with Crippen LogP contribution in [0.25, 0.3) is 0 Å². The molecule has 0 fully saturated rings. The number of hydrogen-bond donors (Lipinski definition) is 1. The molecule has 0 saturated carbocycles. The van der Waals surface area contributed by atoms with Gasteiger partial charge in [0.25, 0.3) is 11.6 Å². The molecule has 0 radical (unpaired) electrons. The summed E-state index contributed by atoms with van der Waals surface area (Å²) in [5.41, 5.74) is -3.24. The van der Waals surface area contributed by atoms with E-state index in [2.05, 4.69) is 5.10 Å². The third-order valence-electron chi connectivity index (χ3n) is 3.58. The monoisotopic (exact) mass is 348 g/mol. The van der Waals surface area contributed by atoms with E-state index in [1.54, 1.807) is 0 Å². The second-order valence-electron chi connectivity index (χ2n) is 5.39. The van der Waals surface area contributed by atoms with Gasteiger partial charge in [-0.15, -0.1) is 0 Å². The molecular formula is C15H16ClF3N2O2. The molecular weight excluding hydrogens is 333 g/mol. The van der Waals surface area contributed by atoms with Gasteiger partial charge in [0.2, 0.25) is 0 Å². The lowest BCUT2D eigenvalue weighted by atomic mass is 10.0. The summed E-state index contributed by atoms with van der Waals surface area (Å²) in [5.74, 6) is -1.04. The van der Waals surface area contributed by atoms with Crippen LogP contribution in [0.1, 0.15) is 43.0 Å². The fraction of sp³-hybridized carbons (Fsp3) is 0.467. The standard InChI is InChI=1S/C15H16ClF3N2O2/c1-2-3-7-12-9-14(23,15(17,18)19)21(20-12)13(22)10-5-4-6-11(16)8-10/h4-6,8,23H,2-3,7,9H2,1H3. The summed E-state index contributed by atoms with van der Waals surface area (Å²) in [4.78, 5) is 12.4. The topological polar surface area (TPSA) is 52.9 Å². The highest BCUT2D eigenvalue weighted by molar-refractivity contribution is 6.31. The van der Waals surface area contributed by atoms with E-state index >= 15 is 0 Å². The molecule has 1 unspecified atom stereocenters. The molecule has 23 heavy (non-hydrogen) atoms. The summed E-state index contributed by atoms with van der Waals surface area (Å²) < 4.78 is 39.9. The molecule has 0 saturated heterocycles. The van der Waals surface area contributed by atoms with Crippen molar-refractivity contribution in [1.29, 1.82) is 0 Å². The number of amides is 1. The Labute approximate surface area is 136 Å². The van der Waals surface area contributed by atoms with E-state index in [0.717, 1.165) is 6.42 Å². The van der Waals surface area contributed by atoms with Crippen molar-refractivity contribution < 1.29 is 23.1 Å². The van der Waals surface area contributed by atoms with E-state index in [-0.39, 0.29) is 21.3 Å². The summed E-state index contributed by atoms with van der Waals surface area (Å²) >= 11 is 5.76. The van der Waals surface area contributed by atoms with Crippen LogP contribution >= 0.6 is 11.6 Å². The Kier molecular flexibility index (Phi) is 5.01. The number of nitrogens with zero attached hydrogens (tertiary/aromatic N) is 2. The van der Waals surface area contributed by atoms with Gasteiger partial charge >= 0.3 is 6.18 Å². The molecule has 1 aliphatic rings. The Morgan fingerprint density at radius 3 is 2.74 bits per heavy atom. The number of unbranched alkanes of at least 4 members (excludes halogenated alkanes) is 1. The Morgan fingerprint density at radius 1 is 1.48 bits per heavy atom. The molecule has 8 heteroatoms. The molecule has 0 aromatic heterocycles. The molecule has 0 aliphatic carbocycles. The predicted molar refractivity (Wildman–Crippen MR) is 80.2 cm³/mol. The van der Waals surface area contributed by atoms with Crippen molar-refractivity contribution in [3.63, 3.8) is 0 Å². The van der Waals surface area contributed by atoms with Gasteiger partial charge in [-0.3, -0.25) is 4.79 Å². The lowest BCUT2D eigenvalue weighted by Gasteiger charge is -2.32. The Hall–Kier alpha value is -1.60. The van der Waals surface area contributed by atoms with Crippen LogP contribution in [0, 0.1) is 0 Å². The molecule has 1 aromatic carbocycles. The quantitative estimate of drug-likeness (QED) is 0.894. The maximum absolute atomic E-state index is 13.3. The van der Waals surface area contributed by atoms with Gasteiger partial charge in [0.1, 0.15) is 0 Å². The van der Waals surface area contributed by atoms with E-state index in [1.807, 2.05) is 6.92 Å². The van der Waals surface area contributed by atoms with Crippen molar-refractivity contribution in [2.75, 3.05) is 0 Å². The molecule has 4 nitrogen and oxygen atoms in total. The van der Waals surface area contributed by atoms with Crippen molar-refractivity contribution >= 4 is 23.2 Å². The van der Waals surface area contributed by atoms with Gasteiger partial charge in [-0.1, -0.05) is 31.0 Å². The van der Waals surface area contributed by atoms with Gasteiger partial charge in [0.15, 0.2) is 0 Å². The maximum Gasteiger partial charge on any atom is 0.438 e. The smallest absolute Gasteiger partial charge is 0.362 e.